The topological polar surface area (TPSA) is 12.4 Å². The Hall–Kier alpha value is -0.850. The van der Waals surface area contributed by atoms with Crippen LogP contribution in [0.4, 0.5) is 0 Å². The van der Waals surface area contributed by atoms with E-state index < -0.39 is 0 Å². The highest BCUT2D eigenvalue weighted by atomic mass is 14.7. The van der Waals surface area contributed by atoms with Gasteiger partial charge in [-0.05, 0) is 27.2 Å². The molecule has 0 bridgehead atoms. The molecule has 1 nitrogen and oxygen atoms in total. The van der Waals surface area contributed by atoms with Crippen LogP contribution in [0, 0.1) is 0 Å². The van der Waals surface area contributed by atoms with Gasteiger partial charge in [-0.1, -0.05) is 30.7 Å². The minimum atomic E-state index is 0.810. The molecule has 0 rings (SSSR count). The van der Waals surface area contributed by atoms with Crippen molar-refractivity contribution in [3.8, 4) is 0 Å². The Kier molecular flexibility index (Phi) is 6.35. The Bertz CT molecular complexity index is 197. The highest BCUT2D eigenvalue weighted by molar-refractivity contribution is 5.81. The lowest BCUT2D eigenvalue weighted by molar-refractivity contribution is 1.16. The van der Waals surface area contributed by atoms with Crippen LogP contribution < -0.4 is 0 Å². The van der Waals surface area contributed by atoms with Gasteiger partial charge in [-0.25, -0.2) is 0 Å². The summed E-state index contributed by atoms with van der Waals surface area (Å²) in [6, 6.07) is 0. The fourth-order valence-corrected chi connectivity index (χ4v) is 0.655. The molecule has 0 unspecified atom stereocenters. The molecule has 0 aromatic heterocycles. The minimum absolute atomic E-state index is 0.810. The van der Waals surface area contributed by atoms with E-state index in [2.05, 4.69) is 44.0 Å². The molecule has 68 valence electrons. The molecule has 0 fully saturated rings. The van der Waals surface area contributed by atoms with Crippen molar-refractivity contribution in [2.45, 2.75) is 34.1 Å². The first kappa shape index (κ1) is 11.2. The molecule has 0 aromatic rings. The zero-order valence-corrected chi connectivity index (χ0v) is 8.59. The molecule has 0 radical (unpaired) electrons. The van der Waals surface area contributed by atoms with Crippen LogP contribution >= 0.6 is 0 Å². The summed E-state index contributed by atoms with van der Waals surface area (Å²) in [5.41, 5.74) is 2.51. The van der Waals surface area contributed by atoms with Gasteiger partial charge in [0.15, 0.2) is 0 Å². The zero-order valence-electron chi connectivity index (χ0n) is 8.59. The molecule has 0 heterocycles. The Balaban J connectivity index is 3.77. The van der Waals surface area contributed by atoms with Crippen molar-refractivity contribution in [2.75, 3.05) is 6.54 Å². The lowest BCUT2D eigenvalue weighted by Crippen LogP contribution is -1.88. The first-order valence-corrected chi connectivity index (χ1v) is 4.50. The Morgan fingerprint density at radius 1 is 1.33 bits per heavy atom. The first-order valence-electron chi connectivity index (χ1n) is 4.50. The smallest absolute Gasteiger partial charge is 0.0572 e. The van der Waals surface area contributed by atoms with Crippen LogP contribution in [0.25, 0.3) is 0 Å². The molecular weight excluding hydrogens is 146 g/mol. The van der Waals surface area contributed by atoms with Gasteiger partial charge in [-0.2, -0.15) is 0 Å². The van der Waals surface area contributed by atoms with Gasteiger partial charge in [-0.15, -0.1) is 0 Å². The van der Waals surface area contributed by atoms with Crippen LogP contribution in [-0.2, 0) is 0 Å². The molecule has 0 aliphatic carbocycles. The Labute approximate surface area is 75.9 Å². The summed E-state index contributed by atoms with van der Waals surface area (Å²) in [4.78, 5) is 4.35. The van der Waals surface area contributed by atoms with Crippen molar-refractivity contribution in [3.63, 3.8) is 0 Å². The van der Waals surface area contributed by atoms with E-state index in [1.165, 1.54) is 11.3 Å². The van der Waals surface area contributed by atoms with Crippen molar-refractivity contribution in [2.24, 2.45) is 4.99 Å². The summed E-state index contributed by atoms with van der Waals surface area (Å²) in [7, 11) is 0. The maximum atomic E-state index is 4.35. The lowest BCUT2D eigenvalue weighted by atomic mass is 10.2. The molecule has 0 saturated carbocycles. The maximum absolute atomic E-state index is 4.35. The third-order valence-electron chi connectivity index (χ3n) is 1.81. The SMILES string of the molecule is C/C=C(C)/C=C/CN=C(C)CC. The highest BCUT2D eigenvalue weighted by Gasteiger charge is 1.81. The van der Waals surface area contributed by atoms with Gasteiger partial charge in [0.25, 0.3) is 0 Å². The fourth-order valence-electron chi connectivity index (χ4n) is 0.655. The predicted octanol–water partition coefficient (Wildman–Crippen LogP) is 3.38. The quantitative estimate of drug-likeness (QED) is 0.447. The average Bonchev–Trinajstić information content (AvgIpc) is 2.11. The van der Waals surface area contributed by atoms with Crippen LogP contribution in [0.3, 0.4) is 0 Å². The van der Waals surface area contributed by atoms with E-state index in [-0.39, 0.29) is 0 Å². The second kappa shape index (κ2) is 6.84. The van der Waals surface area contributed by atoms with Gasteiger partial charge in [-0.3, -0.25) is 4.99 Å². The minimum Gasteiger partial charge on any atom is -0.290 e. The number of aliphatic imine (C=N–C) groups is 1. The second-order valence-electron chi connectivity index (χ2n) is 2.86. The molecule has 0 aromatic carbocycles. The molecule has 0 N–H and O–H groups in total. The molecule has 0 saturated heterocycles. The molecule has 0 aliphatic heterocycles. The van der Waals surface area contributed by atoms with E-state index in [1.807, 2.05) is 6.92 Å². The highest BCUT2D eigenvalue weighted by Crippen LogP contribution is 1.93. The van der Waals surface area contributed by atoms with Crippen LogP contribution in [0.5, 0.6) is 0 Å². The van der Waals surface area contributed by atoms with Crippen LogP contribution in [0.15, 0.2) is 28.8 Å². The summed E-state index contributed by atoms with van der Waals surface area (Å²) < 4.78 is 0. The normalized spacial score (nSPS) is 14.3. The standard InChI is InChI=1S/C11H19N/c1-5-10(3)8-7-9-12-11(4)6-2/h5,7-8H,6,9H2,1-4H3/b8-7+,10-5+,12-11?. The molecule has 12 heavy (non-hydrogen) atoms. The zero-order chi connectivity index (χ0) is 9.40. The number of allylic oxidation sites excluding steroid dienone is 3. The molecule has 0 aliphatic rings. The fraction of sp³-hybridized carbons (Fsp3) is 0.545. The average molecular weight is 165 g/mol. The first-order chi connectivity index (χ1) is 5.70. The number of rotatable bonds is 4. The van der Waals surface area contributed by atoms with Gasteiger partial charge in [0, 0.05) is 5.71 Å². The van der Waals surface area contributed by atoms with Gasteiger partial charge >= 0.3 is 0 Å². The number of hydrogen-bond acceptors (Lipinski definition) is 1. The molecule has 0 amide bonds. The number of nitrogens with zero attached hydrogens (tertiary/aromatic N) is 1. The molecule has 1 heteroatoms. The van der Waals surface area contributed by atoms with E-state index in [1.54, 1.807) is 0 Å². The van der Waals surface area contributed by atoms with Crippen molar-refractivity contribution in [1.82, 2.24) is 0 Å². The van der Waals surface area contributed by atoms with E-state index in [9.17, 15) is 0 Å². The molecule has 0 spiro atoms. The van der Waals surface area contributed by atoms with E-state index >= 15 is 0 Å². The molecule has 0 atom stereocenters. The van der Waals surface area contributed by atoms with E-state index in [4.69, 9.17) is 0 Å². The summed E-state index contributed by atoms with van der Waals surface area (Å²) in [6.07, 6.45) is 7.34. The largest absolute Gasteiger partial charge is 0.290 e. The Morgan fingerprint density at radius 2 is 2.00 bits per heavy atom. The Morgan fingerprint density at radius 3 is 2.50 bits per heavy atom. The maximum Gasteiger partial charge on any atom is 0.0572 e. The van der Waals surface area contributed by atoms with Crippen molar-refractivity contribution >= 4 is 5.71 Å². The summed E-state index contributed by atoms with van der Waals surface area (Å²) in [6.45, 7) is 9.13. The lowest BCUT2D eigenvalue weighted by Gasteiger charge is -1.91. The van der Waals surface area contributed by atoms with E-state index in [0.29, 0.717) is 0 Å². The summed E-state index contributed by atoms with van der Waals surface area (Å²) in [5.74, 6) is 0. The second-order valence-corrected chi connectivity index (χ2v) is 2.86. The van der Waals surface area contributed by atoms with Gasteiger partial charge in [0.1, 0.15) is 0 Å². The van der Waals surface area contributed by atoms with Gasteiger partial charge < -0.3 is 0 Å². The predicted molar refractivity (Wildman–Crippen MR) is 56.8 cm³/mol. The van der Waals surface area contributed by atoms with E-state index in [0.717, 1.165) is 13.0 Å². The molecular formula is C11H19N. The van der Waals surface area contributed by atoms with Gasteiger partial charge in [0.2, 0.25) is 0 Å². The van der Waals surface area contributed by atoms with Crippen LogP contribution in [0.1, 0.15) is 34.1 Å². The summed E-state index contributed by atoms with van der Waals surface area (Å²) in [5, 5.41) is 0. The van der Waals surface area contributed by atoms with Crippen molar-refractivity contribution in [1.29, 1.82) is 0 Å². The van der Waals surface area contributed by atoms with Crippen molar-refractivity contribution in [3.05, 3.63) is 23.8 Å². The summed E-state index contributed by atoms with van der Waals surface area (Å²) >= 11 is 0. The van der Waals surface area contributed by atoms with Crippen LogP contribution in [0.2, 0.25) is 0 Å². The van der Waals surface area contributed by atoms with Crippen LogP contribution in [-0.4, -0.2) is 12.3 Å². The number of hydrogen-bond donors (Lipinski definition) is 0. The third-order valence-corrected chi connectivity index (χ3v) is 1.81. The van der Waals surface area contributed by atoms with Gasteiger partial charge in [0.05, 0.1) is 6.54 Å². The third kappa shape index (κ3) is 5.90. The van der Waals surface area contributed by atoms with Crippen molar-refractivity contribution < 1.29 is 0 Å². The monoisotopic (exact) mass is 165 g/mol.